The number of unbranched alkanes of at least 4 members (excludes halogenated alkanes) is 2. The third kappa shape index (κ3) is 10.3. The van der Waals surface area contributed by atoms with Crippen LogP contribution in [0.4, 0.5) is 10.5 Å². The molecule has 3 aromatic carbocycles. The number of nitrogens with one attached hydrogen (secondary N) is 3. The van der Waals surface area contributed by atoms with Crippen LogP contribution < -0.4 is 20.7 Å². The van der Waals surface area contributed by atoms with Crippen molar-refractivity contribution >= 4 is 17.7 Å². The molecule has 3 N–H and O–H groups in total. The molecular weight excluding hydrogens is 576 g/mol. The quantitative estimate of drug-likeness (QED) is 0.168. The number of amides is 2. The highest BCUT2D eigenvalue weighted by atomic mass is 16.6. The van der Waals surface area contributed by atoms with E-state index in [-0.39, 0.29) is 17.6 Å². The number of nitrogens with zero attached hydrogens (tertiary/aromatic N) is 1. The van der Waals surface area contributed by atoms with Crippen molar-refractivity contribution in [1.29, 1.82) is 0 Å². The zero-order chi connectivity index (χ0) is 32.2. The van der Waals surface area contributed by atoms with Gasteiger partial charge in [-0.2, -0.15) is 0 Å². The van der Waals surface area contributed by atoms with Gasteiger partial charge in [0.15, 0.2) is 0 Å². The summed E-state index contributed by atoms with van der Waals surface area (Å²) in [6.07, 6.45) is 6.76. The monoisotopic (exact) mass is 626 g/mol. The molecule has 0 spiro atoms. The molecule has 0 saturated carbocycles. The van der Waals surface area contributed by atoms with Crippen LogP contribution in [-0.4, -0.2) is 61.3 Å². The molecule has 46 heavy (non-hydrogen) atoms. The Kier molecular flexibility index (Phi) is 12.1. The van der Waals surface area contributed by atoms with Gasteiger partial charge in [-0.1, -0.05) is 67.1 Å². The zero-order valence-electron chi connectivity index (χ0n) is 27.5. The molecule has 1 fully saturated rings. The van der Waals surface area contributed by atoms with Crippen molar-refractivity contribution in [2.75, 3.05) is 38.0 Å². The lowest BCUT2D eigenvalue weighted by molar-refractivity contribution is -0.121. The maximum atomic E-state index is 12.7. The molecule has 2 heterocycles. The summed E-state index contributed by atoms with van der Waals surface area (Å²) in [4.78, 5) is 27.3. The van der Waals surface area contributed by atoms with Gasteiger partial charge in [0.25, 0.3) is 0 Å². The molecule has 0 aliphatic carbocycles. The lowest BCUT2D eigenvalue weighted by Gasteiger charge is -2.32. The van der Waals surface area contributed by atoms with Crippen molar-refractivity contribution in [1.82, 2.24) is 15.5 Å². The number of rotatable bonds is 14. The summed E-state index contributed by atoms with van der Waals surface area (Å²) in [5, 5.41) is 9.55. The fourth-order valence-electron chi connectivity index (χ4n) is 6.19. The maximum absolute atomic E-state index is 12.7. The van der Waals surface area contributed by atoms with E-state index in [4.69, 9.17) is 9.47 Å². The summed E-state index contributed by atoms with van der Waals surface area (Å²) in [6.45, 7) is 9.22. The second kappa shape index (κ2) is 16.6. The summed E-state index contributed by atoms with van der Waals surface area (Å²) in [5.41, 5.74) is 5.29. The molecule has 8 nitrogen and oxygen atoms in total. The molecular formula is C38H50N4O4. The van der Waals surface area contributed by atoms with Crippen molar-refractivity contribution < 1.29 is 19.1 Å². The first-order valence-electron chi connectivity index (χ1n) is 17.0. The van der Waals surface area contributed by atoms with Gasteiger partial charge in [0.1, 0.15) is 17.5 Å². The van der Waals surface area contributed by atoms with E-state index in [1.54, 1.807) is 0 Å². The second-order valence-electron chi connectivity index (χ2n) is 13.1. The number of carbonyl (C=O) groups is 2. The lowest BCUT2D eigenvalue weighted by atomic mass is 9.93. The zero-order valence-corrected chi connectivity index (χ0v) is 27.5. The smallest absolute Gasteiger partial charge is 0.411 e. The van der Waals surface area contributed by atoms with Crippen LogP contribution in [-0.2, 0) is 22.5 Å². The van der Waals surface area contributed by atoms with Crippen LogP contribution in [0.2, 0.25) is 0 Å². The lowest BCUT2D eigenvalue weighted by Crippen LogP contribution is -2.40. The molecule has 0 atom stereocenters. The topological polar surface area (TPSA) is 91.9 Å². The Bertz CT molecular complexity index is 1420. The Morgan fingerprint density at radius 3 is 2.52 bits per heavy atom. The fourth-order valence-corrected chi connectivity index (χ4v) is 6.19. The van der Waals surface area contributed by atoms with Gasteiger partial charge < -0.3 is 25.0 Å². The summed E-state index contributed by atoms with van der Waals surface area (Å²) in [6, 6.07) is 24.3. The molecule has 5 rings (SSSR count). The van der Waals surface area contributed by atoms with E-state index >= 15 is 0 Å². The van der Waals surface area contributed by atoms with Gasteiger partial charge in [0.2, 0.25) is 5.91 Å². The van der Waals surface area contributed by atoms with Gasteiger partial charge in [-0.15, -0.1) is 0 Å². The van der Waals surface area contributed by atoms with Crippen LogP contribution in [0.5, 0.6) is 5.75 Å². The average Bonchev–Trinajstić information content (AvgIpc) is 3.06. The first kappa shape index (κ1) is 33.5. The predicted molar refractivity (Wildman–Crippen MR) is 184 cm³/mol. The molecule has 3 aromatic rings. The van der Waals surface area contributed by atoms with E-state index in [0.717, 1.165) is 107 Å². The number of hydrogen-bond donors (Lipinski definition) is 3. The van der Waals surface area contributed by atoms with Crippen LogP contribution in [0.15, 0.2) is 72.8 Å². The Morgan fingerprint density at radius 1 is 0.935 bits per heavy atom. The number of benzene rings is 3. The number of piperidine rings is 1. The summed E-state index contributed by atoms with van der Waals surface area (Å²) in [7, 11) is 0. The highest BCUT2D eigenvalue weighted by Gasteiger charge is 2.26. The summed E-state index contributed by atoms with van der Waals surface area (Å²) >= 11 is 0. The first-order valence-corrected chi connectivity index (χ1v) is 17.0. The maximum Gasteiger partial charge on any atom is 0.411 e. The van der Waals surface area contributed by atoms with E-state index in [1.807, 2.05) is 54.6 Å². The Balaban J connectivity index is 0.881. The van der Waals surface area contributed by atoms with E-state index < -0.39 is 6.09 Å². The second-order valence-corrected chi connectivity index (χ2v) is 13.1. The number of hydrogen-bond acceptors (Lipinski definition) is 6. The third-order valence-electron chi connectivity index (χ3n) is 8.90. The van der Waals surface area contributed by atoms with Crippen molar-refractivity contribution in [2.24, 2.45) is 0 Å². The van der Waals surface area contributed by atoms with Crippen LogP contribution in [0.1, 0.15) is 69.9 Å². The number of anilines is 1. The minimum Gasteiger partial charge on any atom is -0.488 e. The normalized spacial score (nSPS) is 16.2. The van der Waals surface area contributed by atoms with Crippen LogP contribution in [0.25, 0.3) is 11.1 Å². The Labute approximate surface area is 274 Å². The molecule has 2 aliphatic rings. The Hall–Kier alpha value is -3.88. The van der Waals surface area contributed by atoms with Crippen LogP contribution in [0, 0.1) is 0 Å². The summed E-state index contributed by atoms with van der Waals surface area (Å²) in [5.74, 6) is 1.13. The van der Waals surface area contributed by atoms with E-state index in [1.165, 1.54) is 11.1 Å². The number of para-hydroxylation sites is 1. The number of fused-ring (bicyclic) bond motifs is 1. The third-order valence-corrected chi connectivity index (χ3v) is 8.90. The van der Waals surface area contributed by atoms with Crippen LogP contribution in [0.3, 0.4) is 0 Å². The molecule has 0 unspecified atom stereocenters. The molecule has 8 heteroatoms. The van der Waals surface area contributed by atoms with Crippen molar-refractivity contribution in [3.8, 4) is 16.9 Å². The van der Waals surface area contributed by atoms with Crippen molar-refractivity contribution in [2.45, 2.75) is 83.5 Å². The standard InChI is InChI=1S/C38H50N4O4/c1-38(2)21-17-31-27-29(15-16-35(31)46-38)28-39-22-9-4-10-23-40-36(43)20-26-42-24-18-32(19-25-42)45-37(44)41-34-14-8-7-13-33(34)30-11-5-3-6-12-30/h3,5-8,11-16,27,32,39H,4,9-10,17-26,28H2,1-2H3,(H,40,43)(H,41,44). The Morgan fingerprint density at radius 2 is 1.70 bits per heavy atom. The SMILES string of the molecule is CC1(C)CCc2cc(CNCCCCCNC(=O)CCN3CCC(OC(=O)Nc4ccccc4-c4ccccc4)CC3)ccc2O1. The van der Waals surface area contributed by atoms with E-state index in [2.05, 4.69) is 52.9 Å². The van der Waals surface area contributed by atoms with Crippen molar-refractivity contribution in [3.05, 3.63) is 83.9 Å². The van der Waals surface area contributed by atoms with Gasteiger partial charge in [0, 0.05) is 44.7 Å². The fraction of sp³-hybridized carbons (Fsp3) is 0.474. The minimum absolute atomic E-state index is 0.0698. The molecule has 246 valence electrons. The highest BCUT2D eigenvalue weighted by molar-refractivity contribution is 5.91. The van der Waals surface area contributed by atoms with E-state index in [9.17, 15) is 9.59 Å². The number of likely N-dealkylation sites (tertiary alicyclic amines) is 1. The van der Waals surface area contributed by atoms with Crippen molar-refractivity contribution in [3.63, 3.8) is 0 Å². The first-order chi connectivity index (χ1) is 22.3. The number of aryl methyl sites for hydroxylation is 1. The van der Waals surface area contributed by atoms with Gasteiger partial charge >= 0.3 is 6.09 Å². The molecule has 0 radical (unpaired) electrons. The predicted octanol–water partition coefficient (Wildman–Crippen LogP) is 6.94. The summed E-state index contributed by atoms with van der Waals surface area (Å²) < 4.78 is 11.8. The molecule has 1 saturated heterocycles. The van der Waals surface area contributed by atoms with E-state index in [0.29, 0.717) is 6.42 Å². The largest absolute Gasteiger partial charge is 0.488 e. The number of ether oxygens (including phenoxy) is 2. The van der Waals surface area contributed by atoms with Crippen LogP contribution >= 0.6 is 0 Å². The number of carbonyl (C=O) groups excluding carboxylic acids is 2. The molecule has 2 amide bonds. The van der Waals surface area contributed by atoms with Gasteiger partial charge in [-0.3, -0.25) is 10.1 Å². The molecule has 2 aliphatic heterocycles. The minimum atomic E-state index is -0.425. The average molecular weight is 627 g/mol. The van der Waals surface area contributed by atoms with Gasteiger partial charge in [0.05, 0.1) is 5.69 Å². The molecule has 0 bridgehead atoms. The van der Waals surface area contributed by atoms with Gasteiger partial charge in [-0.25, -0.2) is 4.79 Å². The molecule has 0 aromatic heterocycles. The van der Waals surface area contributed by atoms with Gasteiger partial charge in [-0.05, 0) is 87.7 Å². The highest BCUT2D eigenvalue weighted by Crippen LogP contribution is 2.33.